The van der Waals surface area contributed by atoms with E-state index >= 15 is 0 Å². The Hall–Kier alpha value is -0.0500. The minimum absolute atomic E-state index is 0. The van der Waals surface area contributed by atoms with Gasteiger partial charge in [-0.1, -0.05) is 0 Å². The van der Waals surface area contributed by atoms with Crippen LogP contribution in [0.2, 0.25) is 0 Å². The van der Waals surface area contributed by atoms with E-state index < -0.39 is 0 Å². The first-order chi connectivity index (χ1) is 3.43. The van der Waals surface area contributed by atoms with E-state index in [0.717, 1.165) is 0 Å². The van der Waals surface area contributed by atoms with Crippen molar-refractivity contribution in [2.45, 2.75) is 0 Å². The maximum atomic E-state index is 9.77. The summed E-state index contributed by atoms with van der Waals surface area (Å²) in [5, 5.41) is 0. The standard InChI is InChI=1S/C5H4O2.Na.H/c6-4-5-2-1-3-7-5;;/h1-4H;;. The van der Waals surface area contributed by atoms with Crippen LogP contribution in [0.1, 0.15) is 10.6 Å². The van der Waals surface area contributed by atoms with Crippen LogP contribution in [0.25, 0.3) is 0 Å². The molecule has 0 radical (unpaired) electrons. The molecule has 0 bridgehead atoms. The number of hydrogen-bond donors (Lipinski definition) is 0. The van der Waals surface area contributed by atoms with Gasteiger partial charge in [0, 0.05) is 0 Å². The number of hydrogen-bond acceptors (Lipinski definition) is 2. The third-order valence-electron chi connectivity index (χ3n) is 0.659. The van der Waals surface area contributed by atoms with Gasteiger partial charge in [0.15, 0.2) is 12.0 Å². The van der Waals surface area contributed by atoms with Crippen molar-refractivity contribution in [3.8, 4) is 0 Å². The third-order valence-corrected chi connectivity index (χ3v) is 0.659. The summed E-state index contributed by atoms with van der Waals surface area (Å²) in [5.41, 5.74) is 0. The zero-order valence-corrected chi connectivity index (χ0v) is 3.63. The van der Waals surface area contributed by atoms with Gasteiger partial charge in [0.2, 0.25) is 0 Å². The molecule has 0 amide bonds. The summed E-state index contributed by atoms with van der Waals surface area (Å²) >= 11 is 0. The molecule has 0 fully saturated rings. The summed E-state index contributed by atoms with van der Waals surface area (Å²) in [6.07, 6.45) is 2.13. The van der Waals surface area contributed by atoms with Crippen molar-refractivity contribution in [2.75, 3.05) is 0 Å². The Kier molecular flexibility index (Phi) is 3.87. The first-order valence-electron chi connectivity index (χ1n) is 1.92. The van der Waals surface area contributed by atoms with E-state index in [1.54, 1.807) is 12.1 Å². The summed E-state index contributed by atoms with van der Waals surface area (Å²) < 4.78 is 4.61. The van der Waals surface area contributed by atoms with E-state index in [4.69, 9.17) is 0 Å². The second-order valence-electron chi connectivity index (χ2n) is 1.13. The van der Waals surface area contributed by atoms with Gasteiger partial charge < -0.3 is 4.42 Å². The zero-order chi connectivity index (χ0) is 5.11. The van der Waals surface area contributed by atoms with Crippen LogP contribution in [0, 0.1) is 0 Å². The van der Waals surface area contributed by atoms with Gasteiger partial charge in [-0.15, -0.1) is 0 Å². The van der Waals surface area contributed by atoms with Gasteiger partial charge in [-0.2, -0.15) is 0 Å². The summed E-state index contributed by atoms with van der Waals surface area (Å²) in [6.45, 7) is 0. The van der Waals surface area contributed by atoms with Crippen molar-refractivity contribution in [1.82, 2.24) is 0 Å². The first-order valence-corrected chi connectivity index (χ1v) is 1.92. The molecule has 0 atom stereocenters. The Morgan fingerprint density at radius 1 is 1.62 bits per heavy atom. The predicted molar refractivity (Wildman–Crippen MR) is 31.2 cm³/mol. The molecule has 38 valence electrons. The van der Waals surface area contributed by atoms with Crippen LogP contribution in [0.3, 0.4) is 0 Å². The van der Waals surface area contributed by atoms with Gasteiger partial charge in [-0.25, -0.2) is 0 Å². The monoisotopic (exact) mass is 120 g/mol. The molecule has 0 aliphatic rings. The van der Waals surface area contributed by atoms with Crippen LogP contribution >= 0.6 is 0 Å². The number of aldehydes is 1. The Morgan fingerprint density at radius 2 is 2.38 bits per heavy atom. The number of carbonyl (C=O) groups is 1. The van der Waals surface area contributed by atoms with Gasteiger partial charge >= 0.3 is 29.6 Å². The van der Waals surface area contributed by atoms with E-state index in [2.05, 4.69) is 4.42 Å². The molecule has 0 N–H and O–H groups in total. The second-order valence-corrected chi connectivity index (χ2v) is 1.13. The molecule has 2 nitrogen and oxygen atoms in total. The summed E-state index contributed by atoms with van der Waals surface area (Å²) in [4.78, 5) is 9.77. The fourth-order valence-corrected chi connectivity index (χ4v) is 0.358. The van der Waals surface area contributed by atoms with E-state index in [-0.39, 0.29) is 29.6 Å². The van der Waals surface area contributed by atoms with Crippen molar-refractivity contribution < 1.29 is 9.21 Å². The maximum absolute atomic E-state index is 9.77. The molecule has 1 aromatic heterocycles. The van der Waals surface area contributed by atoms with E-state index in [1.165, 1.54) is 6.26 Å². The summed E-state index contributed by atoms with van der Waals surface area (Å²) in [6, 6.07) is 3.27. The topological polar surface area (TPSA) is 30.2 Å². The predicted octanol–water partition coefficient (Wildman–Crippen LogP) is 0.444. The van der Waals surface area contributed by atoms with Crippen LogP contribution in [-0.2, 0) is 0 Å². The van der Waals surface area contributed by atoms with E-state index in [1.807, 2.05) is 0 Å². The van der Waals surface area contributed by atoms with Crippen molar-refractivity contribution in [1.29, 1.82) is 0 Å². The van der Waals surface area contributed by atoms with Crippen molar-refractivity contribution in [3.63, 3.8) is 0 Å². The molecule has 0 aliphatic carbocycles. The molecule has 0 aliphatic heterocycles. The summed E-state index contributed by atoms with van der Waals surface area (Å²) in [5.74, 6) is 0.375. The zero-order valence-electron chi connectivity index (χ0n) is 3.63. The first kappa shape index (κ1) is 7.95. The SMILES string of the molecule is O=Cc1ccco1.[NaH]. The third kappa shape index (κ3) is 1.82. The molecule has 0 aromatic carbocycles. The molecular weight excluding hydrogens is 115 g/mol. The Balaban J connectivity index is 0.000000490. The van der Waals surface area contributed by atoms with Crippen molar-refractivity contribution >= 4 is 35.8 Å². The molecule has 0 unspecified atom stereocenters. The van der Waals surface area contributed by atoms with Crippen LogP contribution in [0.4, 0.5) is 0 Å². The average molecular weight is 120 g/mol. The van der Waals surface area contributed by atoms with Crippen molar-refractivity contribution in [3.05, 3.63) is 24.2 Å². The van der Waals surface area contributed by atoms with Crippen LogP contribution < -0.4 is 0 Å². The Labute approximate surface area is 69.2 Å². The molecular formula is C5H5NaO2. The average Bonchev–Trinajstić information content (AvgIpc) is 2.14. The number of furan rings is 1. The molecule has 0 saturated carbocycles. The van der Waals surface area contributed by atoms with Gasteiger partial charge in [-0.3, -0.25) is 4.79 Å². The number of carbonyl (C=O) groups excluding carboxylic acids is 1. The van der Waals surface area contributed by atoms with E-state index in [9.17, 15) is 4.79 Å². The van der Waals surface area contributed by atoms with Crippen LogP contribution in [0.5, 0.6) is 0 Å². The van der Waals surface area contributed by atoms with Crippen LogP contribution in [-0.4, -0.2) is 35.8 Å². The van der Waals surface area contributed by atoms with Gasteiger partial charge in [-0.05, 0) is 12.1 Å². The molecule has 1 rings (SSSR count). The van der Waals surface area contributed by atoms with E-state index in [0.29, 0.717) is 12.0 Å². The molecule has 1 aromatic rings. The number of rotatable bonds is 1. The minimum atomic E-state index is 0. The van der Waals surface area contributed by atoms with Crippen LogP contribution in [0.15, 0.2) is 22.8 Å². The fraction of sp³-hybridized carbons (Fsp3) is 0. The fourth-order valence-electron chi connectivity index (χ4n) is 0.358. The molecule has 0 saturated heterocycles. The molecule has 0 spiro atoms. The molecule has 1 heterocycles. The molecule has 8 heavy (non-hydrogen) atoms. The van der Waals surface area contributed by atoms with Gasteiger partial charge in [0.1, 0.15) is 0 Å². The Morgan fingerprint density at radius 3 is 2.62 bits per heavy atom. The Bertz CT molecular complexity index is 145. The van der Waals surface area contributed by atoms with Gasteiger partial charge in [0.05, 0.1) is 6.26 Å². The van der Waals surface area contributed by atoms with Crippen molar-refractivity contribution in [2.24, 2.45) is 0 Å². The van der Waals surface area contributed by atoms with Gasteiger partial charge in [0.25, 0.3) is 0 Å². The molecule has 3 heteroatoms. The second kappa shape index (κ2) is 3.89. The summed E-state index contributed by atoms with van der Waals surface area (Å²) in [7, 11) is 0. The normalized spacial score (nSPS) is 7.50. The quantitative estimate of drug-likeness (QED) is 0.397.